The first-order valence-corrected chi connectivity index (χ1v) is 8.58. The van der Waals surface area contributed by atoms with Gasteiger partial charge in [0.2, 0.25) is 0 Å². The van der Waals surface area contributed by atoms with Gasteiger partial charge < -0.3 is 10.1 Å². The monoisotopic (exact) mass is 309 g/mol. The molecule has 0 heterocycles. The quantitative estimate of drug-likeness (QED) is 0.778. The molecule has 1 aromatic rings. The first kappa shape index (κ1) is 16.6. The van der Waals surface area contributed by atoms with E-state index in [1.54, 1.807) is 7.11 Å². The molecular formula is C18H28ClNO. The molecular weight excluding hydrogens is 282 g/mol. The molecule has 0 aromatic heterocycles. The molecule has 1 saturated carbocycles. The van der Waals surface area contributed by atoms with Crippen LogP contribution >= 0.6 is 11.6 Å². The van der Waals surface area contributed by atoms with Gasteiger partial charge in [-0.1, -0.05) is 50.3 Å². The molecule has 2 rings (SSSR count). The van der Waals surface area contributed by atoms with Gasteiger partial charge in [-0.05, 0) is 49.4 Å². The lowest BCUT2D eigenvalue weighted by Gasteiger charge is -2.34. The van der Waals surface area contributed by atoms with Crippen molar-refractivity contribution >= 4 is 11.6 Å². The van der Waals surface area contributed by atoms with Crippen LogP contribution in [-0.4, -0.2) is 14.2 Å². The van der Waals surface area contributed by atoms with Crippen LogP contribution in [0.15, 0.2) is 18.2 Å². The van der Waals surface area contributed by atoms with Crippen molar-refractivity contribution < 1.29 is 4.74 Å². The summed E-state index contributed by atoms with van der Waals surface area (Å²) in [6, 6.07) is 6.56. The van der Waals surface area contributed by atoms with E-state index in [2.05, 4.69) is 31.4 Å². The van der Waals surface area contributed by atoms with Crippen molar-refractivity contribution in [1.29, 1.82) is 0 Å². The fourth-order valence-electron chi connectivity index (χ4n) is 3.76. The second-order valence-corrected chi connectivity index (χ2v) is 6.64. The zero-order chi connectivity index (χ0) is 15.2. The van der Waals surface area contributed by atoms with E-state index in [9.17, 15) is 0 Å². The second kappa shape index (κ2) is 8.05. The SMILES string of the molecule is CCCC1CCC(C(NC)c2ccc(Cl)c(OC)c2)CC1. The van der Waals surface area contributed by atoms with Crippen molar-refractivity contribution in [3.8, 4) is 5.75 Å². The zero-order valence-electron chi connectivity index (χ0n) is 13.5. The predicted octanol–water partition coefficient (Wildman–Crippen LogP) is 5.22. The molecule has 1 unspecified atom stereocenters. The minimum Gasteiger partial charge on any atom is -0.495 e. The van der Waals surface area contributed by atoms with E-state index in [0.717, 1.165) is 11.7 Å². The lowest BCUT2D eigenvalue weighted by molar-refractivity contribution is 0.219. The minimum absolute atomic E-state index is 0.402. The van der Waals surface area contributed by atoms with Crippen LogP contribution in [0.3, 0.4) is 0 Å². The molecule has 0 aliphatic heterocycles. The molecule has 1 aromatic carbocycles. The van der Waals surface area contributed by atoms with Gasteiger partial charge in [0.15, 0.2) is 0 Å². The van der Waals surface area contributed by atoms with E-state index in [-0.39, 0.29) is 0 Å². The van der Waals surface area contributed by atoms with Crippen LogP contribution in [0.2, 0.25) is 5.02 Å². The highest BCUT2D eigenvalue weighted by atomic mass is 35.5. The van der Waals surface area contributed by atoms with Crippen LogP contribution in [0, 0.1) is 11.8 Å². The van der Waals surface area contributed by atoms with Crippen molar-refractivity contribution in [2.75, 3.05) is 14.2 Å². The largest absolute Gasteiger partial charge is 0.495 e. The van der Waals surface area contributed by atoms with Crippen molar-refractivity contribution in [2.24, 2.45) is 11.8 Å². The highest BCUT2D eigenvalue weighted by molar-refractivity contribution is 6.32. The van der Waals surface area contributed by atoms with Gasteiger partial charge in [-0.2, -0.15) is 0 Å². The number of halogens is 1. The summed E-state index contributed by atoms with van der Waals surface area (Å²) in [5, 5.41) is 4.19. The second-order valence-electron chi connectivity index (χ2n) is 6.23. The van der Waals surface area contributed by atoms with E-state index in [1.807, 2.05) is 6.07 Å². The van der Waals surface area contributed by atoms with Crippen LogP contribution in [0.5, 0.6) is 5.75 Å². The lowest BCUT2D eigenvalue weighted by Crippen LogP contribution is -2.28. The van der Waals surface area contributed by atoms with Gasteiger partial charge >= 0.3 is 0 Å². The molecule has 1 atom stereocenters. The Kier molecular flexibility index (Phi) is 6.38. The molecule has 1 aliphatic carbocycles. The summed E-state index contributed by atoms with van der Waals surface area (Å²) in [7, 11) is 3.74. The van der Waals surface area contributed by atoms with Gasteiger partial charge in [0.05, 0.1) is 12.1 Å². The van der Waals surface area contributed by atoms with Crippen molar-refractivity contribution in [3.63, 3.8) is 0 Å². The van der Waals surface area contributed by atoms with Crippen LogP contribution in [0.4, 0.5) is 0 Å². The Bertz CT molecular complexity index is 441. The standard InChI is InChI=1S/C18H28ClNO/c1-4-5-13-6-8-14(9-7-13)18(20-2)15-10-11-16(19)17(12-15)21-3/h10-14,18,20H,4-9H2,1-3H3. The van der Waals surface area contributed by atoms with Gasteiger partial charge in [-0.3, -0.25) is 0 Å². The van der Waals surface area contributed by atoms with Crippen LogP contribution < -0.4 is 10.1 Å². The normalized spacial score (nSPS) is 23.8. The van der Waals surface area contributed by atoms with Crippen molar-refractivity contribution in [2.45, 2.75) is 51.5 Å². The van der Waals surface area contributed by atoms with Crippen molar-refractivity contribution in [3.05, 3.63) is 28.8 Å². The Morgan fingerprint density at radius 3 is 2.57 bits per heavy atom. The van der Waals surface area contributed by atoms with E-state index in [4.69, 9.17) is 16.3 Å². The molecule has 1 aliphatic rings. The molecule has 0 saturated heterocycles. The molecule has 0 spiro atoms. The van der Waals surface area contributed by atoms with Crippen molar-refractivity contribution in [1.82, 2.24) is 5.32 Å². The maximum absolute atomic E-state index is 6.14. The van der Waals surface area contributed by atoms with Crippen LogP contribution in [0.1, 0.15) is 57.1 Å². The zero-order valence-corrected chi connectivity index (χ0v) is 14.2. The van der Waals surface area contributed by atoms with Gasteiger partial charge in [0.25, 0.3) is 0 Å². The van der Waals surface area contributed by atoms with Crippen LogP contribution in [-0.2, 0) is 0 Å². The number of methoxy groups -OCH3 is 1. The Morgan fingerprint density at radius 1 is 1.29 bits per heavy atom. The summed E-state index contributed by atoms with van der Waals surface area (Å²) in [5.41, 5.74) is 1.29. The van der Waals surface area contributed by atoms with E-state index in [1.165, 1.54) is 44.1 Å². The number of nitrogens with one attached hydrogen (secondary N) is 1. The smallest absolute Gasteiger partial charge is 0.137 e. The molecule has 118 valence electrons. The number of ether oxygens (including phenoxy) is 1. The third kappa shape index (κ3) is 4.14. The van der Waals surface area contributed by atoms with Gasteiger partial charge in [0, 0.05) is 6.04 Å². The molecule has 3 heteroatoms. The van der Waals surface area contributed by atoms with E-state index in [0.29, 0.717) is 17.0 Å². The summed E-state index contributed by atoms with van der Waals surface area (Å²) in [5.74, 6) is 2.44. The molecule has 0 radical (unpaired) electrons. The van der Waals surface area contributed by atoms with E-state index < -0.39 is 0 Å². The summed E-state index contributed by atoms with van der Waals surface area (Å²) in [6.07, 6.45) is 8.11. The summed E-state index contributed by atoms with van der Waals surface area (Å²) in [4.78, 5) is 0. The number of hydrogen-bond acceptors (Lipinski definition) is 2. The first-order valence-electron chi connectivity index (χ1n) is 8.20. The molecule has 0 amide bonds. The molecule has 1 N–H and O–H groups in total. The van der Waals surface area contributed by atoms with Crippen LogP contribution in [0.25, 0.3) is 0 Å². The lowest BCUT2D eigenvalue weighted by atomic mass is 9.75. The van der Waals surface area contributed by atoms with Gasteiger partial charge in [-0.25, -0.2) is 0 Å². The number of hydrogen-bond donors (Lipinski definition) is 1. The summed E-state index contributed by atoms with van der Waals surface area (Å²) < 4.78 is 5.36. The molecule has 1 fully saturated rings. The highest BCUT2D eigenvalue weighted by Crippen LogP contribution is 2.39. The summed E-state index contributed by atoms with van der Waals surface area (Å²) >= 11 is 6.14. The average molecular weight is 310 g/mol. The fraction of sp³-hybridized carbons (Fsp3) is 0.667. The molecule has 0 bridgehead atoms. The summed E-state index contributed by atoms with van der Waals surface area (Å²) in [6.45, 7) is 2.29. The maximum atomic E-state index is 6.14. The maximum Gasteiger partial charge on any atom is 0.137 e. The highest BCUT2D eigenvalue weighted by Gasteiger charge is 2.27. The number of benzene rings is 1. The Balaban J connectivity index is 2.06. The van der Waals surface area contributed by atoms with Gasteiger partial charge in [0.1, 0.15) is 5.75 Å². The first-order chi connectivity index (χ1) is 10.2. The third-order valence-corrected chi connectivity index (χ3v) is 5.22. The minimum atomic E-state index is 0.402. The Hall–Kier alpha value is -0.730. The molecule has 21 heavy (non-hydrogen) atoms. The predicted molar refractivity (Wildman–Crippen MR) is 90.2 cm³/mol. The van der Waals surface area contributed by atoms with Gasteiger partial charge in [-0.15, -0.1) is 0 Å². The van der Waals surface area contributed by atoms with E-state index >= 15 is 0 Å². The average Bonchev–Trinajstić information content (AvgIpc) is 2.51. The topological polar surface area (TPSA) is 21.3 Å². The fourth-order valence-corrected chi connectivity index (χ4v) is 3.96. The third-order valence-electron chi connectivity index (χ3n) is 4.91. The Labute approximate surface area is 134 Å². The Morgan fingerprint density at radius 2 is 2.00 bits per heavy atom. The number of rotatable bonds is 6. The molecule has 2 nitrogen and oxygen atoms in total.